The number of ether oxygens (including phenoxy) is 1. The minimum Gasteiger partial charge on any atom is -0.371 e. The van der Waals surface area contributed by atoms with Gasteiger partial charge >= 0.3 is 0 Å². The molecule has 1 fully saturated rings. The summed E-state index contributed by atoms with van der Waals surface area (Å²) in [5, 5.41) is 5.19. The zero-order chi connectivity index (χ0) is 8.39. The van der Waals surface area contributed by atoms with Gasteiger partial charge in [0, 0.05) is 13.1 Å². The van der Waals surface area contributed by atoms with Gasteiger partial charge in [-0.15, -0.1) is 11.3 Å². The van der Waals surface area contributed by atoms with Crippen LogP contribution in [-0.2, 0) is 11.3 Å². The SMILES string of the molecule is Clc1cc(COC2CNC2)cs1. The van der Waals surface area contributed by atoms with Gasteiger partial charge in [0.15, 0.2) is 0 Å². The molecule has 0 unspecified atom stereocenters. The molecule has 1 aliphatic heterocycles. The molecule has 2 heterocycles. The van der Waals surface area contributed by atoms with E-state index in [1.807, 2.05) is 11.4 Å². The van der Waals surface area contributed by atoms with E-state index in [1.54, 1.807) is 11.3 Å². The Morgan fingerprint density at radius 2 is 2.50 bits per heavy atom. The number of halogens is 1. The monoisotopic (exact) mass is 203 g/mol. The van der Waals surface area contributed by atoms with E-state index in [2.05, 4.69) is 5.32 Å². The minimum absolute atomic E-state index is 0.406. The summed E-state index contributed by atoms with van der Waals surface area (Å²) in [5.74, 6) is 0. The topological polar surface area (TPSA) is 21.3 Å². The lowest BCUT2D eigenvalue weighted by atomic mass is 10.2. The largest absolute Gasteiger partial charge is 0.371 e. The molecule has 0 aliphatic carbocycles. The molecule has 0 spiro atoms. The Morgan fingerprint density at radius 3 is 3.00 bits per heavy atom. The summed E-state index contributed by atoms with van der Waals surface area (Å²) in [6.07, 6.45) is 0.406. The molecule has 2 rings (SSSR count). The van der Waals surface area contributed by atoms with Crippen molar-refractivity contribution in [1.29, 1.82) is 0 Å². The molecule has 66 valence electrons. The second-order valence-electron chi connectivity index (χ2n) is 2.85. The highest BCUT2D eigenvalue weighted by Gasteiger charge is 2.16. The molecule has 0 aromatic carbocycles. The number of thiophene rings is 1. The standard InChI is InChI=1S/C8H10ClNOS/c9-8-1-6(5-12-8)4-11-7-2-10-3-7/h1,5,7,10H,2-4H2. The van der Waals surface area contributed by atoms with Crippen LogP contribution in [0.15, 0.2) is 11.4 Å². The van der Waals surface area contributed by atoms with Crippen molar-refractivity contribution in [2.45, 2.75) is 12.7 Å². The summed E-state index contributed by atoms with van der Waals surface area (Å²) < 4.78 is 6.40. The number of nitrogens with one attached hydrogen (secondary N) is 1. The average Bonchev–Trinajstić information content (AvgIpc) is 2.32. The van der Waals surface area contributed by atoms with Crippen molar-refractivity contribution in [3.05, 3.63) is 21.3 Å². The lowest BCUT2D eigenvalue weighted by Crippen LogP contribution is -2.48. The van der Waals surface area contributed by atoms with Crippen molar-refractivity contribution in [3.63, 3.8) is 0 Å². The first kappa shape index (κ1) is 8.51. The van der Waals surface area contributed by atoms with E-state index in [-0.39, 0.29) is 0 Å². The zero-order valence-electron chi connectivity index (χ0n) is 6.55. The van der Waals surface area contributed by atoms with Crippen LogP contribution in [0.2, 0.25) is 4.34 Å². The first-order valence-corrected chi connectivity index (χ1v) is 5.15. The van der Waals surface area contributed by atoms with E-state index in [1.165, 1.54) is 5.56 Å². The first-order chi connectivity index (χ1) is 5.84. The predicted molar refractivity (Wildman–Crippen MR) is 50.8 cm³/mol. The number of hydrogen-bond acceptors (Lipinski definition) is 3. The van der Waals surface area contributed by atoms with E-state index in [0.29, 0.717) is 12.7 Å². The van der Waals surface area contributed by atoms with Gasteiger partial charge in [-0.1, -0.05) is 11.6 Å². The number of hydrogen-bond donors (Lipinski definition) is 1. The molecule has 0 atom stereocenters. The van der Waals surface area contributed by atoms with Gasteiger partial charge < -0.3 is 10.1 Å². The Morgan fingerprint density at radius 1 is 1.67 bits per heavy atom. The molecule has 1 aromatic rings. The third kappa shape index (κ3) is 1.98. The molecule has 4 heteroatoms. The van der Waals surface area contributed by atoms with Gasteiger partial charge in [0.1, 0.15) is 0 Å². The van der Waals surface area contributed by atoms with Crippen molar-refractivity contribution in [2.75, 3.05) is 13.1 Å². The van der Waals surface area contributed by atoms with Crippen molar-refractivity contribution in [1.82, 2.24) is 5.32 Å². The van der Waals surface area contributed by atoms with Gasteiger partial charge in [0.2, 0.25) is 0 Å². The van der Waals surface area contributed by atoms with Crippen LogP contribution < -0.4 is 5.32 Å². The van der Waals surface area contributed by atoms with Crippen LogP contribution in [0.5, 0.6) is 0 Å². The van der Waals surface area contributed by atoms with E-state index in [0.717, 1.165) is 17.4 Å². The molecular formula is C8H10ClNOS. The molecule has 2 nitrogen and oxygen atoms in total. The van der Waals surface area contributed by atoms with E-state index in [9.17, 15) is 0 Å². The lowest BCUT2D eigenvalue weighted by Gasteiger charge is -2.26. The van der Waals surface area contributed by atoms with Crippen LogP contribution in [0.1, 0.15) is 5.56 Å². The summed E-state index contributed by atoms with van der Waals surface area (Å²) in [4.78, 5) is 0. The van der Waals surface area contributed by atoms with Crippen molar-refractivity contribution in [3.8, 4) is 0 Å². The van der Waals surface area contributed by atoms with Gasteiger partial charge in [-0.2, -0.15) is 0 Å². The Labute approximate surface area is 80.5 Å². The summed E-state index contributed by atoms with van der Waals surface area (Å²) in [5.41, 5.74) is 1.18. The van der Waals surface area contributed by atoms with Crippen LogP contribution >= 0.6 is 22.9 Å². The van der Waals surface area contributed by atoms with Crippen LogP contribution in [0.25, 0.3) is 0 Å². The maximum atomic E-state index is 5.77. The third-order valence-corrected chi connectivity index (χ3v) is 2.99. The van der Waals surface area contributed by atoms with Crippen LogP contribution in [0.3, 0.4) is 0 Å². The second kappa shape index (κ2) is 3.75. The quantitative estimate of drug-likeness (QED) is 0.810. The second-order valence-corrected chi connectivity index (χ2v) is 4.39. The fourth-order valence-electron chi connectivity index (χ4n) is 1.02. The van der Waals surface area contributed by atoms with Gasteiger partial charge in [-0.05, 0) is 17.0 Å². The van der Waals surface area contributed by atoms with Crippen LogP contribution in [-0.4, -0.2) is 19.2 Å². The molecule has 1 saturated heterocycles. The number of rotatable bonds is 3. The Hall–Kier alpha value is -0.0900. The van der Waals surface area contributed by atoms with E-state index < -0.39 is 0 Å². The summed E-state index contributed by atoms with van der Waals surface area (Å²) >= 11 is 7.33. The molecule has 0 saturated carbocycles. The molecule has 1 aliphatic rings. The summed E-state index contributed by atoms with van der Waals surface area (Å²) in [7, 11) is 0. The molecule has 1 N–H and O–H groups in total. The fourth-order valence-corrected chi connectivity index (χ4v) is 1.91. The molecule has 12 heavy (non-hydrogen) atoms. The van der Waals surface area contributed by atoms with Crippen LogP contribution in [0, 0.1) is 0 Å². The molecular weight excluding hydrogens is 194 g/mol. The van der Waals surface area contributed by atoms with Gasteiger partial charge in [0.05, 0.1) is 17.0 Å². The zero-order valence-corrected chi connectivity index (χ0v) is 8.12. The minimum atomic E-state index is 0.406. The summed E-state index contributed by atoms with van der Waals surface area (Å²) in [6, 6.07) is 1.96. The summed E-state index contributed by atoms with van der Waals surface area (Å²) in [6.45, 7) is 2.66. The lowest BCUT2D eigenvalue weighted by molar-refractivity contribution is 0.00773. The van der Waals surface area contributed by atoms with E-state index >= 15 is 0 Å². The normalized spacial score (nSPS) is 17.8. The van der Waals surface area contributed by atoms with Crippen LogP contribution in [0.4, 0.5) is 0 Å². The van der Waals surface area contributed by atoms with Gasteiger partial charge in [-0.3, -0.25) is 0 Å². The highest BCUT2D eigenvalue weighted by molar-refractivity contribution is 7.14. The average molecular weight is 204 g/mol. The van der Waals surface area contributed by atoms with E-state index in [4.69, 9.17) is 16.3 Å². The first-order valence-electron chi connectivity index (χ1n) is 3.90. The maximum absolute atomic E-state index is 5.77. The van der Waals surface area contributed by atoms with Crippen molar-refractivity contribution >= 4 is 22.9 Å². The van der Waals surface area contributed by atoms with Crippen molar-refractivity contribution in [2.24, 2.45) is 0 Å². The smallest absolute Gasteiger partial charge is 0.0931 e. The highest BCUT2D eigenvalue weighted by Crippen LogP contribution is 2.20. The predicted octanol–water partition coefficient (Wildman–Crippen LogP) is 1.89. The Balaban J connectivity index is 1.79. The Kier molecular flexibility index (Phi) is 2.66. The molecule has 1 aromatic heterocycles. The Bertz CT molecular complexity index is 259. The third-order valence-electron chi connectivity index (χ3n) is 1.85. The van der Waals surface area contributed by atoms with Gasteiger partial charge in [-0.25, -0.2) is 0 Å². The molecule has 0 amide bonds. The van der Waals surface area contributed by atoms with Gasteiger partial charge in [0.25, 0.3) is 0 Å². The fraction of sp³-hybridized carbons (Fsp3) is 0.500. The maximum Gasteiger partial charge on any atom is 0.0931 e. The molecule has 0 bridgehead atoms. The van der Waals surface area contributed by atoms with Crippen molar-refractivity contribution < 1.29 is 4.74 Å². The highest BCUT2D eigenvalue weighted by atomic mass is 35.5. The molecule has 0 radical (unpaired) electrons.